The molecule has 4 heterocycles. The Balaban J connectivity index is 0.000000213. The van der Waals surface area contributed by atoms with Crippen molar-refractivity contribution < 1.29 is 24.5 Å². The zero-order valence-corrected chi connectivity index (χ0v) is 26.0. The summed E-state index contributed by atoms with van der Waals surface area (Å²) in [5.41, 5.74) is 9.55. The molecule has 0 aliphatic rings. The molecule has 8 aromatic rings. The standard InChI is InChI=1S/C26H18N3O.C11H8N.Ir/c1-16-12-13-20(25-23(16)19-10-6-7-11-22(19)30-25)26-28-21-14-15-27-17(2)24(21)29(26)18-8-4-3-5-9-18;1-2-6-10(7-3-1)11-8-4-5-9-12-11;/h3-12,14-15H,1-2H3;1-6,8-9H;/q2*-1;. The molecule has 5 nitrogen and oxygen atoms in total. The van der Waals surface area contributed by atoms with Gasteiger partial charge in [-0.05, 0) is 42.9 Å². The first-order valence-electron chi connectivity index (χ1n) is 13.8. The van der Waals surface area contributed by atoms with Crippen molar-refractivity contribution in [2.75, 3.05) is 0 Å². The van der Waals surface area contributed by atoms with E-state index in [1.807, 2.05) is 97.9 Å². The molecule has 0 bridgehead atoms. The Labute approximate surface area is 263 Å². The average Bonchev–Trinajstić information content (AvgIpc) is 3.64. The molecule has 6 heteroatoms. The molecule has 8 rings (SSSR count). The fourth-order valence-electron chi connectivity index (χ4n) is 5.35. The van der Waals surface area contributed by atoms with E-state index < -0.39 is 0 Å². The van der Waals surface area contributed by atoms with Crippen LogP contribution in [0, 0.1) is 26.0 Å². The van der Waals surface area contributed by atoms with E-state index in [9.17, 15) is 0 Å². The predicted molar refractivity (Wildman–Crippen MR) is 168 cm³/mol. The second-order valence-corrected chi connectivity index (χ2v) is 10.0. The van der Waals surface area contributed by atoms with Crippen molar-refractivity contribution in [3.05, 3.63) is 145 Å². The molecule has 0 spiro atoms. The number of hydrogen-bond acceptors (Lipinski definition) is 4. The number of benzene rings is 4. The predicted octanol–water partition coefficient (Wildman–Crippen LogP) is 8.95. The van der Waals surface area contributed by atoms with Crippen molar-refractivity contribution in [3.8, 4) is 28.3 Å². The van der Waals surface area contributed by atoms with E-state index in [4.69, 9.17) is 9.40 Å². The normalized spacial score (nSPS) is 10.8. The van der Waals surface area contributed by atoms with Gasteiger partial charge >= 0.3 is 0 Å². The summed E-state index contributed by atoms with van der Waals surface area (Å²) in [6.07, 6.45) is 3.59. The van der Waals surface area contributed by atoms with E-state index in [0.717, 1.165) is 72.6 Å². The Morgan fingerprint density at radius 2 is 1.53 bits per heavy atom. The topological polar surface area (TPSA) is 56.7 Å². The monoisotopic (exact) mass is 735 g/mol. The molecule has 0 atom stereocenters. The zero-order chi connectivity index (χ0) is 28.5. The SMILES string of the molecule is Cc1c[c-]c(-c2nc3ccnc(C)c3n2-c2ccccc2)c2oc3ccccc3c12.[Ir].[c-]1ccccc1-c1ccccn1. The minimum Gasteiger partial charge on any atom is -0.501 e. The number of nitrogens with zero attached hydrogens (tertiary/aromatic N) is 4. The number of pyridine rings is 2. The Bertz CT molecular complexity index is 2120. The summed E-state index contributed by atoms with van der Waals surface area (Å²) in [4.78, 5) is 13.7. The van der Waals surface area contributed by atoms with Crippen LogP contribution in [0.4, 0.5) is 0 Å². The zero-order valence-electron chi connectivity index (χ0n) is 23.6. The van der Waals surface area contributed by atoms with Gasteiger partial charge in [-0.2, -0.15) is 0 Å². The third-order valence-electron chi connectivity index (χ3n) is 7.29. The second kappa shape index (κ2) is 12.1. The first-order chi connectivity index (χ1) is 20.7. The number of para-hydroxylation sites is 2. The Kier molecular flexibility index (Phi) is 7.97. The number of rotatable bonds is 3. The first kappa shape index (κ1) is 28.2. The third-order valence-corrected chi connectivity index (χ3v) is 7.29. The number of fused-ring (bicyclic) bond motifs is 4. The summed E-state index contributed by atoms with van der Waals surface area (Å²) in [6, 6.07) is 42.7. The summed E-state index contributed by atoms with van der Waals surface area (Å²) in [6.45, 7) is 4.11. The van der Waals surface area contributed by atoms with Gasteiger partial charge in [0, 0.05) is 43.6 Å². The van der Waals surface area contributed by atoms with Gasteiger partial charge in [0.2, 0.25) is 0 Å². The van der Waals surface area contributed by atoms with Gasteiger partial charge in [0.1, 0.15) is 5.58 Å². The van der Waals surface area contributed by atoms with Gasteiger partial charge < -0.3 is 14.0 Å². The van der Waals surface area contributed by atoms with Crippen molar-refractivity contribution in [2.24, 2.45) is 0 Å². The van der Waals surface area contributed by atoms with Crippen LogP contribution in [0.15, 0.2) is 126 Å². The molecule has 0 aliphatic heterocycles. The molecule has 4 aromatic heterocycles. The maximum atomic E-state index is 6.34. The van der Waals surface area contributed by atoms with Crippen LogP contribution < -0.4 is 0 Å². The maximum Gasteiger partial charge on any atom is 0.120 e. The van der Waals surface area contributed by atoms with E-state index in [2.05, 4.69) is 51.8 Å². The smallest absolute Gasteiger partial charge is 0.120 e. The Morgan fingerprint density at radius 3 is 2.33 bits per heavy atom. The molecule has 4 aromatic carbocycles. The average molecular weight is 735 g/mol. The van der Waals surface area contributed by atoms with Crippen LogP contribution in [0.25, 0.3) is 61.3 Å². The van der Waals surface area contributed by atoms with Crippen molar-refractivity contribution >= 4 is 33.0 Å². The molecule has 211 valence electrons. The van der Waals surface area contributed by atoms with Gasteiger partial charge in [-0.1, -0.05) is 66.4 Å². The molecule has 0 unspecified atom stereocenters. The number of hydrogen-bond donors (Lipinski definition) is 0. The van der Waals surface area contributed by atoms with Crippen LogP contribution in [0.5, 0.6) is 0 Å². The van der Waals surface area contributed by atoms with Gasteiger partial charge in [0.25, 0.3) is 0 Å². The fourth-order valence-corrected chi connectivity index (χ4v) is 5.35. The first-order valence-corrected chi connectivity index (χ1v) is 13.8. The van der Waals surface area contributed by atoms with E-state index in [0.29, 0.717) is 0 Å². The minimum absolute atomic E-state index is 0. The quantitative estimate of drug-likeness (QED) is 0.170. The summed E-state index contributed by atoms with van der Waals surface area (Å²) < 4.78 is 8.49. The Morgan fingerprint density at radius 1 is 0.744 bits per heavy atom. The molecular formula is C37H26IrN4O-2. The van der Waals surface area contributed by atoms with Gasteiger partial charge in [0.05, 0.1) is 28.1 Å². The van der Waals surface area contributed by atoms with Gasteiger partial charge in [0.15, 0.2) is 0 Å². The van der Waals surface area contributed by atoms with Crippen LogP contribution >= 0.6 is 0 Å². The number of imidazole rings is 1. The molecular weight excluding hydrogens is 709 g/mol. The molecule has 0 aliphatic carbocycles. The second-order valence-electron chi connectivity index (χ2n) is 10.0. The van der Waals surface area contributed by atoms with Gasteiger partial charge in [-0.3, -0.25) is 9.97 Å². The molecule has 0 N–H and O–H groups in total. The molecule has 1 radical (unpaired) electrons. The Hall–Kier alpha value is -4.90. The van der Waals surface area contributed by atoms with Crippen molar-refractivity contribution in [2.45, 2.75) is 13.8 Å². The van der Waals surface area contributed by atoms with Crippen LogP contribution in [0.1, 0.15) is 11.3 Å². The number of aromatic nitrogens is 4. The van der Waals surface area contributed by atoms with Crippen molar-refractivity contribution in [1.29, 1.82) is 0 Å². The minimum atomic E-state index is 0. The van der Waals surface area contributed by atoms with Crippen LogP contribution in [0.3, 0.4) is 0 Å². The van der Waals surface area contributed by atoms with E-state index in [-0.39, 0.29) is 20.1 Å². The summed E-state index contributed by atoms with van der Waals surface area (Å²) in [7, 11) is 0. The van der Waals surface area contributed by atoms with Crippen LogP contribution in [-0.2, 0) is 20.1 Å². The molecule has 43 heavy (non-hydrogen) atoms. The van der Waals surface area contributed by atoms with Crippen molar-refractivity contribution in [3.63, 3.8) is 0 Å². The fraction of sp³-hybridized carbons (Fsp3) is 0.0541. The van der Waals surface area contributed by atoms with Crippen LogP contribution in [0.2, 0.25) is 0 Å². The van der Waals surface area contributed by atoms with Crippen molar-refractivity contribution in [1.82, 2.24) is 19.5 Å². The van der Waals surface area contributed by atoms with E-state index in [1.54, 1.807) is 12.4 Å². The maximum absolute atomic E-state index is 6.34. The van der Waals surface area contributed by atoms with Gasteiger partial charge in [-0.25, -0.2) is 0 Å². The molecule has 0 fully saturated rings. The largest absolute Gasteiger partial charge is 0.501 e. The van der Waals surface area contributed by atoms with E-state index in [1.165, 1.54) is 0 Å². The summed E-state index contributed by atoms with van der Waals surface area (Å²) in [5, 5.41) is 2.22. The molecule has 0 amide bonds. The number of furan rings is 1. The summed E-state index contributed by atoms with van der Waals surface area (Å²) in [5.74, 6) is 0.802. The molecule has 0 saturated carbocycles. The third kappa shape index (κ3) is 5.27. The summed E-state index contributed by atoms with van der Waals surface area (Å²) >= 11 is 0. The van der Waals surface area contributed by atoms with Gasteiger partial charge in [-0.15, -0.1) is 53.6 Å². The molecule has 0 saturated heterocycles. The van der Waals surface area contributed by atoms with Crippen LogP contribution in [-0.4, -0.2) is 19.5 Å². The number of aryl methyl sites for hydroxylation is 2. The van der Waals surface area contributed by atoms with E-state index >= 15 is 0 Å².